The van der Waals surface area contributed by atoms with Crippen molar-refractivity contribution in [3.63, 3.8) is 0 Å². The van der Waals surface area contributed by atoms with Gasteiger partial charge in [0.15, 0.2) is 0 Å². The standard InChI is InChI=1S/C31H26Cl2N2O2/c1-19(32)29(36)34-23-15-11-21(12-16-23)31(22-13-17-24(18-14-22)35-30(37)20(2)33)27-9-5-3-7-25(27)26-8-4-6-10-28(26)31/h3-20H,1-2H3,(H,34,36)(H,35,37)/t19-,20+. The molecule has 0 radical (unpaired) electrons. The van der Waals surface area contributed by atoms with Crippen LogP contribution in [0.1, 0.15) is 36.1 Å². The first kappa shape index (κ1) is 25.1. The molecule has 0 saturated heterocycles. The zero-order valence-electron chi connectivity index (χ0n) is 20.5. The smallest absolute Gasteiger partial charge is 0.242 e. The molecule has 2 atom stereocenters. The summed E-state index contributed by atoms with van der Waals surface area (Å²) in [6.07, 6.45) is 0. The predicted molar refractivity (Wildman–Crippen MR) is 152 cm³/mol. The average molecular weight is 529 g/mol. The van der Waals surface area contributed by atoms with E-state index in [1.165, 1.54) is 22.3 Å². The normalized spacial score (nSPS) is 14.7. The Bertz CT molecular complexity index is 1350. The van der Waals surface area contributed by atoms with Crippen molar-refractivity contribution in [3.8, 4) is 11.1 Å². The molecular weight excluding hydrogens is 503 g/mol. The number of carbonyl (C=O) groups is 2. The van der Waals surface area contributed by atoms with E-state index in [1.807, 2.05) is 24.3 Å². The lowest BCUT2D eigenvalue weighted by atomic mass is 9.67. The predicted octanol–water partition coefficient (Wildman–Crippen LogP) is 7.18. The molecule has 5 rings (SSSR count). The number of carbonyl (C=O) groups excluding carboxylic acids is 2. The first-order valence-electron chi connectivity index (χ1n) is 12.1. The number of hydrogen-bond acceptors (Lipinski definition) is 2. The van der Waals surface area contributed by atoms with Crippen molar-refractivity contribution in [2.45, 2.75) is 30.0 Å². The van der Waals surface area contributed by atoms with Crippen molar-refractivity contribution in [2.75, 3.05) is 10.6 Å². The van der Waals surface area contributed by atoms with Crippen LogP contribution >= 0.6 is 23.2 Å². The van der Waals surface area contributed by atoms with Crippen LogP contribution in [-0.2, 0) is 15.0 Å². The Morgan fingerprint density at radius 1 is 0.595 bits per heavy atom. The SMILES string of the molecule is C[C@H](Cl)C(=O)Nc1ccc(C2(c3ccc(NC(=O)[C@@H](C)Cl)cc3)c3ccccc3-c3ccccc32)cc1. The molecule has 4 aromatic carbocycles. The van der Waals surface area contributed by atoms with Crippen molar-refractivity contribution in [1.29, 1.82) is 0 Å². The summed E-state index contributed by atoms with van der Waals surface area (Å²) in [5.41, 5.74) is 7.62. The van der Waals surface area contributed by atoms with Crippen molar-refractivity contribution < 1.29 is 9.59 Å². The number of alkyl halides is 2. The molecule has 2 N–H and O–H groups in total. The minimum absolute atomic E-state index is 0.246. The molecule has 0 bridgehead atoms. The Morgan fingerprint density at radius 2 is 0.946 bits per heavy atom. The topological polar surface area (TPSA) is 58.2 Å². The second-order valence-corrected chi connectivity index (χ2v) is 10.5. The van der Waals surface area contributed by atoms with Crippen LogP contribution in [0.4, 0.5) is 11.4 Å². The lowest BCUT2D eigenvalue weighted by molar-refractivity contribution is -0.116. The fraction of sp³-hybridized carbons (Fsp3) is 0.161. The van der Waals surface area contributed by atoms with Crippen LogP contribution in [0, 0.1) is 0 Å². The highest BCUT2D eigenvalue weighted by molar-refractivity contribution is 6.32. The Hall–Kier alpha value is -3.60. The zero-order valence-corrected chi connectivity index (χ0v) is 22.0. The zero-order chi connectivity index (χ0) is 26.2. The molecule has 1 aliphatic rings. The molecule has 0 fully saturated rings. The molecular formula is C31H26Cl2N2O2. The number of fused-ring (bicyclic) bond motifs is 3. The summed E-state index contributed by atoms with van der Waals surface area (Å²) in [6, 6.07) is 32.8. The van der Waals surface area contributed by atoms with Gasteiger partial charge < -0.3 is 10.6 Å². The van der Waals surface area contributed by atoms with E-state index in [1.54, 1.807) is 13.8 Å². The van der Waals surface area contributed by atoms with E-state index in [0.717, 1.165) is 11.1 Å². The Morgan fingerprint density at radius 3 is 1.30 bits per heavy atom. The van der Waals surface area contributed by atoms with E-state index in [2.05, 4.69) is 83.4 Å². The quantitative estimate of drug-likeness (QED) is 0.229. The van der Waals surface area contributed by atoms with Gasteiger partial charge in [-0.3, -0.25) is 9.59 Å². The highest BCUT2D eigenvalue weighted by Crippen LogP contribution is 2.56. The van der Waals surface area contributed by atoms with Gasteiger partial charge in [0.05, 0.1) is 5.41 Å². The summed E-state index contributed by atoms with van der Waals surface area (Å²) in [6.45, 7) is 3.29. The molecule has 0 aromatic heterocycles. The van der Waals surface area contributed by atoms with Crippen LogP contribution < -0.4 is 10.6 Å². The second-order valence-electron chi connectivity index (χ2n) is 9.21. The highest BCUT2D eigenvalue weighted by Gasteiger charge is 2.45. The molecule has 0 unspecified atom stereocenters. The summed E-state index contributed by atoms with van der Waals surface area (Å²) in [5.74, 6) is -0.492. The average Bonchev–Trinajstić information content (AvgIpc) is 3.21. The second kappa shape index (κ2) is 10.0. The van der Waals surface area contributed by atoms with E-state index >= 15 is 0 Å². The number of amides is 2. The van der Waals surface area contributed by atoms with E-state index in [0.29, 0.717) is 11.4 Å². The van der Waals surface area contributed by atoms with Crippen LogP contribution in [0.3, 0.4) is 0 Å². The van der Waals surface area contributed by atoms with Gasteiger partial charge in [0.2, 0.25) is 11.8 Å². The van der Waals surface area contributed by atoms with E-state index in [9.17, 15) is 9.59 Å². The van der Waals surface area contributed by atoms with Gasteiger partial charge in [-0.2, -0.15) is 0 Å². The summed E-state index contributed by atoms with van der Waals surface area (Å²) >= 11 is 11.9. The van der Waals surface area contributed by atoms with Crippen molar-refractivity contribution in [3.05, 3.63) is 119 Å². The third-order valence-corrected chi connectivity index (χ3v) is 7.24. The Labute approximate surface area is 226 Å². The molecule has 0 spiro atoms. The summed E-state index contributed by atoms with van der Waals surface area (Å²) in [7, 11) is 0. The molecule has 0 aliphatic heterocycles. The maximum atomic E-state index is 12.1. The first-order chi connectivity index (χ1) is 17.8. The van der Waals surface area contributed by atoms with E-state index in [-0.39, 0.29) is 11.8 Å². The summed E-state index contributed by atoms with van der Waals surface area (Å²) < 4.78 is 0. The van der Waals surface area contributed by atoms with Crippen LogP contribution in [0.25, 0.3) is 11.1 Å². The maximum Gasteiger partial charge on any atom is 0.242 e. The third kappa shape index (κ3) is 4.41. The molecule has 2 amide bonds. The number of nitrogens with one attached hydrogen (secondary N) is 2. The van der Waals surface area contributed by atoms with Gasteiger partial charge in [-0.15, -0.1) is 23.2 Å². The van der Waals surface area contributed by atoms with Crippen LogP contribution in [0.5, 0.6) is 0 Å². The van der Waals surface area contributed by atoms with E-state index < -0.39 is 16.2 Å². The molecule has 1 aliphatic carbocycles. The number of rotatable bonds is 6. The molecule has 0 heterocycles. The minimum atomic E-state index is -0.625. The number of hydrogen-bond donors (Lipinski definition) is 2. The van der Waals surface area contributed by atoms with Crippen LogP contribution in [0.15, 0.2) is 97.1 Å². The van der Waals surface area contributed by atoms with Gasteiger partial charge in [0.1, 0.15) is 10.8 Å². The minimum Gasteiger partial charge on any atom is -0.325 e. The van der Waals surface area contributed by atoms with Gasteiger partial charge in [-0.1, -0.05) is 72.8 Å². The van der Waals surface area contributed by atoms with E-state index in [4.69, 9.17) is 23.2 Å². The fourth-order valence-corrected chi connectivity index (χ4v) is 5.22. The third-order valence-electron chi connectivity index (χ3n) is 6.85. The van der Waals surface area contributed by atoms with Crippen molar-refractivity contribution >= 4 is 46.4 Å². The first-order valence-corrected chi connectivity index (χ1v) is 13.0. The molecule has 37 heavy (non-hydrogen) atoms. The van der Waals surface area contributed by atoms with Gasteiger partial charge >= 0.3 is 0 Å². The monoisotopic (exact) mass is 528 g/mol. The van der Waals surface area contributed by atoms with Crippen molar-refractivity contribution in [2.24, 2.45) is 0 Å². The van der Waals surface area contributed by atoms with Gasteiger partial charge in [-0.25, -0.2) is 0 Å². The molecule has 0 saturated carbocycles. The highest BCUT2D eigenvalue weighted by atomic mass is 35.5. The van der Waals surface area contributed by atoms with Crippen LogP contribution in [-0.4, -0.2) is 22.6 Å². The summed E-state index contributed by atoms with van der Waals surface area (Å²) in [5, 5.41) is 4.48. The summed E-state index contributed by atoms with van der Waals surface area (Å²) in [4.78, 5) is 24.3. The van der Waals surface area contributed by atoms with Gasteiger partial charge in [-0.05, 0) is 71.5 Å². The van der Waals surface area contributed by atoms with Gasteiger partial charge in [0, 0.05) is 11.4 Å². The lowest BCUT2D eigenvalue weighted by Crippen LogP contribution is -2.29. The lowest BCUT2D eigenvalue weighted by Gasteiger charge is -2.34. The molecule has 4 nitrogen and oxygen atoms in total. The number of halogens is 2. The molecule has 4 aromatic rings. The maximum absolute atomic E-state index is 12.1. The molecule has 6 heteroatoms. The van der Waals surface area contributed by atoms with Crippen molar-refractivity contribution in [1.82, 2.24) is 0 Å². The van der Waals surface area contributed by atoms with Crippen LogP contribution in [0.2, 0.25) is 0 Å². The fourth-order valence-electron chi connectivity index (χ4n) is 5.11. The number of benzene rings is 4. The largest absolute Gasteiger partial charge is 0.325 e. The Balaban J connectivity index is 1.68. The number of anilines is 2. The van der Waals surface area contributed by atoms with Gasteiger partial charge in [0.25, 0.3) is 0 Å². The Kier molecular flexibility index (Phi) is 6.80. The molecule has 186 valence electrons.